The molecule has 1 saturated heterocycles. The van der Waals surface area contributed by atoms with E-state index in [1.54, 1.807) is 5.56 Å². The van der Waals surface area contributed by atoms with Crippen molar-refractivity contribution < 1.29 is 4.74 Å². The van der Waals surface area contributed by atoms with Crippen LogP contribution in [-0.4, -0.2) is 31.2 Å². The van der Waals surface area contributed by atoms with E-state index in [2.05, 4.69) is 36.9 Å². The highest BCUT2D eigenvalue weighted by Crippen LogP contribution is 2.19. The molecule has 0 aliphatic carbocycles. The molecule has 0 N–H and O–H groups in total. The molecule has 2 heteroatoms. The second-order valence-electron chi connectivity index (χ2n) is 4.65. The molecule has 1 aliphatic heterocycles. The zero-order valence-electron chi connectivity index (χ0n) is 11.0. The minimum atomic E-state index is 0.885. The van der Waals surface area contributed by atoms with E-state index >= 15 is 0 Å². The van der Waals surface area contributed by atoms with Gasteiger partial charge in [0.2, 0.25) is 0 Å². The molecule has 0 unspecified atom stereocenters. The lowest BCUT2D eigenvalue weighted by Crippen LogP contribution is -2.36. The van der Waals surface area contributed by atoms with E-state index in [1.165, 1.54) is 11.1 Å². The fourth-order valence-electron chi connectivity index (χ4n) is 2.54. The van der Waals surface area contributed by atoms with Crippen LogP contribution in [-0.2, 0) is 24.1 Å². The van der Waals surface area contributed by atoms with Gasteiger partial charge in [0, 0.05) is 19.6 Å². The van der Waals surface area contributed by atoms with Crippen LogP contribution in [0.5, 0.6) is 0 Å². The molecule has 2 rings (SSSR count). The Kier molecular flexibility index (Phi) is 4.57. The maximum absolute atomic E-state index is 5.41. The predicted molar refractivity (Wildman–Crippen MR) is 71.3 cm³/mol. The quantitative estimate of drug-likeness (QED) is 0.792. The summed E-state index contributed by atoms with van der Waals surface area (Å²) in [6, 6.07) is 6.74. The van der Waals surface area contributed by atoms with Gasteiger partial charge in [-0.2, -0.15) is 0 Å². The molecule has 0 spiro atoms. The van der Waals surface area contributed by atoms with Gasteiger partial charge in [0.15, 0.2) is 0 Å². The summed E-state index contributed by atoms with van der Waals surface area (Å²) < 4.78 is 5.41. The number of benzene rings is 1. The minimum Gasteiger partial charge on any atom is -0.379 e. The highest BCUT2D eigenvalue weighted by atomic mass is 16.5. The zero-order chi connectivity index (χ0) is 12.1. The van der Waals surface area contributed by atoms with Crippen molar-refractivity contribution in [1.82, 2.24) is 4.90 Å². The Hall–Kier alpha value is -0.860. The fraction of sp³-hybridized carbons (Fsp3) is 0.600. The number of hydrogen-bond donors (Lipinski definition) is 0. The Morgan fingerprint density at radius 3 is 2.18 bits per heavy atom. The molecular weight excluding hydrogens is 210 g/mol. The lowest BCUT2D eigenvalue weighted by molar-refractivity contribution is 0.0340. The standard InChI is InChI=1S/C15H23NO/c1-3-13-6-5-7-14(4-2)15(13)12-16-8-10-17-11-9-16/h5-7H,3-4,8-12H2,1-2H3. The number of aryl methyl sites for hydroxylation is 2. The lowest BCUT2D eigenvalue weighted by Gasteiger charge is -2.28. The van der Waals surface area contributed by atoms with E-state index in [0.717, 1.165) is 45.7 Å². The van der Waals surface area contributed by atoms with E-state index < -0.39 is 0 Å². The second kappa shape index (κ2) is 6.18. The summed E-state index contributed by atoms with van der Waals surface area (Å²) in [7, 11) is 0. The van der Waals surface area contributed by atoms with Gasteiger partial charge in [-0.3, -0.25) is 4.90 Å². The maximum atomic E-state index is 5.41. The van der Waals surface area contributed by atoms with Gasteiger partial charge in [0.1, 0.15) is 0 Å². The van der Waals surface area contributed by atoms with Crippen LogP contribution in [0.15, 0.2) is 18.2 Å². The van der Waals surface area contributed by atoms with Crippen LogP contribution >= 0.6 is 0 Å². The van der Waals surface area contributed by atoms with Crippen molar-refractivity contribution in [2.45, 2.75) is 33.2 Å². The van der Waals surface area contributed by atoms with Crippen LogP contribution in [0.25, 0.3) is 0 Å². The van der Waals surface area contributed by atoms with E-state index in [9.17, 15) is 0 Å². The van der Waals surface area contributed by atoms with Crippen LogP contribution in [0, 0.1) is 0 Å². The number of rotatable bonds is 4. The number of ether oxygens (including phenoxy) is 1. The molecule has 0 aromatic heterocycles. The van der Waals surface area contributed by atoms with Crippen LogP contribution in [0.1, 0.15) is 30.5 Å². The van der Waals surface area contributed by atoms with Gasteiger partial charge in [0.05, 0.1) is 13.2 Å². The van der Waals surface area contributed by atoms with Gasteiger partial charge in [-0.15, -0.1) is 0 Å². The van der Waals surface area contributed by atoms with Crippen LogP contribution in [0.2, 0.25) is 0 Å². The van der Waals surface area contributed by atoms with E-state index in [-0.39, 0.29) is 0 Å². The van der Waals surface area contributed by atoms with Gasteiger partial charge in [-0.25, -0.2) is 0 Å². The van der Waals surface area contributed by atoms with Crippen molar-refractivity contribution in [1.29, 1.82) is 0 Å². The highest BCUT2D eigenvalue weighted by molar-refractivity contribution is 5.35. The molecule has 1 aliphatic rings. The monoisotopic (exact) mass is 233 g/mol. The Balaban J connectivity index is 2.16. The molecule has 1 fully saturated rings. The van der Waals surface area contributed by atoms with Gasteiger partial charge < -0.3 is 4.74 Å². The Bertz CT molecular complexity index is 334. The molecular formula is C15H23NO. The van der Waals surface area contributed by atoms with Crippen LogP contribution < -0.4 is 0 Å². The normalized spacial score (nSPS) is 17.3. The number of morpholine rings is 1. The topological polar surface area (TPSA) is 12.5 Å². The average molecular weight is 233 g/mol. The lowest BCUT2D eigenvalue weighted by atomic mass is 9.97. The third kappa shape index (κ3) is 3.08. The first kappa shape index (κ1) is 12.6. The first-order chi connectivity index (χ1) is 8.35. The molecule has 1 aromatic carbocycles. The van der Waals surface area contributed by atoms with Crippen LogP contribution in [0.4, 0.5) is 0 Å². The van der Waals surface area contributed by atoms with Crippen molar-refractivity contribution >= 4 is 0 Å². The SMILES string of the molecule is CCc1cccc(CC)c1CN1CCOCC1. The maximum Gasteiger partial charge on any atom is 0.0594 e. The third-order valence-corrected chi connectivity index (χ3v) is 3.62. The van der Waals surface area contributed by atoms with Gasteiger partial charge in [-0.05, 0) is 29.5 Å². The van der Waals surface area contributed by atoms with Gasteiger partial charge >= 0.3 is 0 Å². The third-order valence-electron chi connectivity index (χ3n) is 3.62. The Morgan fingerprint density at radius 1 is 1.06 bits per heavy atom. The number of hydrogen-bond acceptors (Lipinski definition) is 2. The molecule has 94 valence electrons. The molecule has 17 heavy (non-hydrogen) atoms. The molecule has 0 saturated carbocycles. The predicted octanol–water partition coefficient (Wildman–Crippen LogP) is 2.64. The van der Waals surface area contributed by atoms with Crippen molar-refractivity contribution in [3.63, 3.8) is 0 Å². The fourth-order valence-corrected chi connectivity index (χ4v) is 2.54. The molecule has 1 aromatic rings. The molecule has 0 radical (unpaired) electrons. The zero-order valence-corrected chi connectivity index (χ0v) is 11.0. The largest absolute Gasteiger partial charge is 0.379 e. The highest BCUT2D eigenvalue weighted by Gasteiger charge is 2.14. The van der Waals surface area contributed by atoms with E-state index in [0.29, 0.717) is 0 Å². The smallest absolute Gasteiger partial charge is 0.0594 e. The van der Waals surface area contributed by atoms with Crippen molar-refractivity contribution in [3.8, 4) is 0 Å². The molecule has 0 atom stereocenters. The first-order valence-corrected chi connectivity index (χ1v) is 6.74. The summed E-state index contributed by atoms with van der Waals surface area (Å²) in [6.07, 6.45) is 2.26. The summed E-state index contributed by atoms with van der Waals surface area (Å²) in [5.74, 6) is 0. The van der Waals surface area contributed by atoms with E-state index in [4.69, 9.17) is 4.74 Å². The van der Waals surface area contributed by atoms with Crippen molar-refractivity contribution in [3.05, 3.63) is 34.9 Å². The van der Waals surface area contributed by atoms with Crippen molar-refractivity contribution in [2.24, 2.45) is 0 Å². The number of nitrogens with zero attached hydrogens (tertiary/aromatic N) is 1. The Morgan fingerprint density at radius 2 is 1.65 bits per heavy atom. The molecule has 0 bridgehead atoms. The average Bonchev–Trinajstić information content (AvgIpc) is 2.40. The van der Waals surface area contributed by atoms with Crippen molar-refractivity contribution in [2.75, 3.05) is 26.3 Å². The minimum absolute atomic E-state index is 0.885. The summed E-state index contributed by atoms with van der Waals surface area (Å²) in [5.41, 5.74) is 4.58. The van der Waals surface area contributed by atoms with Gasteiger partial charge in [0.25, 0.3) is 0 Å². The summed E-state index contributed by atoms with van der Waals surface area (Å²) in [5, 5.41) is 0. The molecule has 1 heterocycles. The summed E-state index contributed by atoms with van der Waals surface area (Å²) in [6.45, 7) is 9.50. The van der Waals surface area contributed by atoms with E-state index in [1.807, 2.05) is 0 Å². The Labute approximate surface area is 105 Å². The second-order valence-corrected chi connectivity index (χ2v) is 4.65. The summed E-state index contributed by atoms with van der Waals surface area (Å²) in [4.78, 5) is 2.51. The summed E-state index contributed by atoms with van der Waals surface area (Å²) >= 11 is 0. The molecule has 0 amide bonds. The van der Waals surface area contributed by atoms with Gasteiger partial charge in [-0.1, -0.05) is 32.0 Å². The van der Waals surface area contributed by atoms with Crippen LogP contribution in [0.3, 0.4) is 0 Å². The first-order valence-electron chi connectivity index (χ1n) is 6.74. The molecule has 2 nitrogen and oxygen atoms in total.